The van der Waals surface area contributed by atoms with Gasteiger partial charge in [-0.05, 0) is 43.2 Å². The minimum absolute atomic E-state index is 0.227. The monoisotopic (exact) mass is 356 g/mol. The molecule has 20 heavy (non-hydrogen) atoms. The van der Waals surface area contributed by atoms with E-state index in [1.807, 2.05) is 13.1 Å². The lowest BCUT2D eigenvalue weighted by molar-refractivity contribution is 0.446. The molecule has 1 atom stereocenters. The number of nitrogens with one attached hydrogen (secondary N) is 1. The summed E-state index contributed by atoms with van der Waals surface area (Å²) < 4.78 is 3.14. The second-order valence-corrected chi connectivity index (χ2v) is 6.91. The maximum Gasteiger partial charge on any atom is 0.0947 e. The first-order valence-corrected chi connectivity index (χ1v) is 8.57. The highest BCUT2D eigenvalue weighted by atomic mass is 79.9. The topological polar surface area (TPSA) is 42.7 Å². The summed E-state index contributed by atoms with van der Waals surface area (Å²) in [5, 5.41) is 11.3. The van der Waals surface area contributed by atoms with Crippen LogP contribution in [0.3, 0.4) is 0 Å². The van der Waals surface area contributed by atoms with E-state index < -0.39 is 0 Å². The van der Waals surface area contributed by atoms with Crippen molar-refractivity contribution in [1.29, 1.82) is 0 Å². The third-order valence-corrected chi connectivity index (χ3v) is 4.70. The van der Waals surface area contributed by atoms with Gasteiger partial charge in [-0.1, -0.05) is 6.92 Å². The Hall–Kier alpha value is -0.720. The highest BCUT2D eigenvalue weighted by molar-refractivity contribution is 9.10. The molecule has 1 N–H and O–H groups in total. The summed E-state index contributed by atoms with van der Waals surface area (Å²) in [6, 6.07) is 0.570. The van der Waals surface area contributed by atoms with Gasteiger partial charge in [0.05, 0.1) is 27.4 Å². The van der Waals surface area contributed by atoms with Crippen molar-refractivity contribution in [2.24, 2.45) is 0 Å². The predicted molar refractivity (Wildman–Crippen MR) is 87.3 cm³/mol. The van der Waals surface area contributed by atoms with Gasteiger partial charge in [-0.15, -0.1) is 11.3 Å². The van der Waals surface area contributed by atoms with Crippen LogP contribution in [0.4, 0.5) is 0 Å². The van der Waals surface area contributed by atoms with E-state index in [4.69, 9.17) is 0 Å². The number of aryl methyl sites for hydroxylation is 1. The molecule has 0 saturated heterocycles. The van der Waals surface area contributed by atoms with Gasteiger partial charge in [0.1, 0.15) is 0 Å². The highest BCUT2D eigenvalue weighted by Crippen LogP contribution is 2.29. The highest BCUT2D eigenvalue weighted by Gasteiger charge is 2.22. The SMILES string of the molecule is CCNC(Cc1nc(C)cs1)c1c(Br)cnn1C(C)C. The van der Waals surface area contributed by atoms with Crippen molar-refractivity contribution < 1.29 is 0 Å². The van der Waals surface area contributed by atoms with Crippen LogP contribution in [0, 0.1) is 6.92 Å². The summed E-state index contributed by atoms with van der Waals surface area (Å²) in [6.07, 6.45) is 2.77. The standard InChI is InChI=1S/C14H21BrN4S/c1-5-16-12(6-13-18-10(4)8-20-13)14-11(15)7-17-19(14)9(2)3/h7-9,12,16H,5-6H2,1-4H3. The largest absolute Gasteiger partial charge is 0.309 e. The van der Waals surface area contributed by atoms with Gasteiger partial charge < -0.3 is 5.32 Å². The third-order valence-electron chi connectivity index (χ3n) is 3.10. The molecule has 0 aromatic carbocycles. The molecule has 0 aliphatic carbocycles. The number of hydrogen-bond donors (Lipinski definition) is 1. The maximum absolute atomic E-state index is 4.58. The Kier molecular flexibility index (Phi) is 5.35. The molecule has 0 radical (unpaired) electrons. The van der Waals surface area contributed by atoms with E-state index in [0.717, 1.165) is 28.1 Å². The molecule has 4 nitrogen and oxygen atoms in total. The molecule has 0 fully saturated rings. The molecule has 0 saturated carbocycles. The molecule has 1 unspecified atom stereocenters. The second-order valence-electron chi connectivity index (χ2n) is 5.11. The van der Waals surface area contributed by atoms with Crippen LogP contribution in [0.15, 0.2) is 16.0 Å². The Balaban J connectivity index is 2.30. The van der Waals surface area contributed by atoms with Gasteiger partial charge in [-0.2, -0.15) is 5.10 Å². The van der Waals surface area contributed by atoms with Gasteiger partial charge in [-0.25, -0.2) is 4.98 Å². The van der Waals surface area contributed by atoms with Crippen molar-refractivity contribution in [2.75, 3.05) is 6.54 Å². The molecular weight excluding hydrogens is 336 g/mol. The molecule has 6 heteroatoms. The summed E-state index contributed by atoms with van der Waals surface area (Å²) in [5.41, 5.74) is 2.30. The van der Waals surface area contributed by atoms with Gasteiger partial charge in [0.25, 0.3) is 0 Å². The summed E-state index contributed by atoms with van der Waals surface area (Å²) in [4.78, 5) is 4.58. The predicted octanol–water partition coefficient (Wildman–Crippen LogP) is 3.88. The number of thiazole rings is 1. The van der Waals surface area contributed by atoms with Gasteiger partial charge in [0, 0.05) is 23.5 Å². The van der Waals surface area contributed by atoms with Crippen LogP contribution in [0.2, 0.25) is 0 Å². The minimum atomic E-state index is 0.227. The van der Waals surface area contributed by atoms with Crippen molar-refractivity contribution in [3.63, 3.8) is 0 Å². The lowest BCUT2D eigenvalue weighted by Gasteiger charge is -2.21. The average Bonchev–Trinajstić information content (AvgIpc) is 2.95. The van der Waals surface area contributed by atoms with E-state index >= 15 is 0 Å². The van der Waals surface area contributed by atoms with Crippen LogP contribution < -0.4 is 5.32 Å². The average molecular weight is 357 g/mol. The molecule has 2 heterocycles. The molecule has 2 aromatic rings. The number of aromatic nitrogens is 3. The molecular formula is C14H21BrN4S. The number of hydrogen-bond acceptors (Lipinski definition) is 4. The van der Waals surface area contributed by atoms with E-state index in [9.17, 15) is 0 Å². The van der Waals surface area contributed by atoms with Crippen molar-refractivity contribution >= 4 is 27.3 Å². The molecule has 0 aliphatic heterocycles. The fourth-order valence-electron chi connectivity index (χ4n) is 2.27. The van der Waals surface area contributed by atoms with E-state index in [1.54, 1.807) is 11.3 Å². The van der Waals surface area contributed by atoms with Gasteiger partial charge in [0.15, 0.2) is 0 Å². The van der Waals surface area contributed by atoms with Crippen LogP contribution in [0.25, 0.3) is 0 Å². The smallest absolute Gasteiger partial charge is 0.0947 e. The summed E-state index contributed by atoms with van der Waals surface area (Å²) in [7, 11) is 0. The second kappa shape index (κ2) is 6.83. The summed E-state index contributed by atoms with van der Waals surface area (Å²) >= 11 is 5.36. The Labute approximate surface area is 132 Å². The van der Waals surface area contributed by atoms with Crippen molar-refractivity contribution in [1.82, 2.24) is 20.1 Å². The normalized spacial score (nSPS) is 13.1. The van der Waals surface area contributed by atoms with Gasteiger partial charge in [0.2, 0.25) is 0 Å². The van der Waals surface area contributed by atoms with Crippen molar-refractivity contribution in [2.45, 2.75) is 46.2 Å². The Morgan fingerprint density at radius 3 is 2.75 bits per heavy atom. The number of nitrogens with zero attached hydrogens (tertiary/aromatic N) is 3. The fourth-order valence-corrected chi connectivity index (χ4v) is 3.64. The summed E-state index contributed by atoms with van der Waals surface area (Å²) in [6.45, 7) is 9.39. The number of rotatable bonds is 6. The van der Waals surface area contributed by atoms with E-state index in [1.165, 1.54) is 5.69 Å². The first kappa shape index (κ1) is 15.7. The molecule has 0 bridgehead atoms. The molecule has 0 spiro atoms. The molecule has 2 rings (SSSR count). The molecule has 2 aromatic heterocycles. The lowest BCUT2D eigenvalue weighted by Crippen LogP contribution is -2.26. The van der Waals surface area contributed by atoms with E-state index in [-0.39, 0.29) is 6.04 Å². The summed E-state index contributed by atoms with van der Waals surface area (Å²) in [5.74, 6) is 0. The zero-order chi connectivity index (χ0) is 14.7. The quantitative estimate of drug-likeness (QED) is 0.853. The van der Waals surface area contributed by atoms with Gasteiger partial charge in [-0.3, -0.25) is 4.68 Å². The van der Waals surface area contributed by atoms with E-state index in [0.29, 0.717) is 6.04 Å². The molecule has 0 aliphatic rings. The number of halogens is 1. The van der Waals surface area contributed by atoms with Crippen LogP contribution in [0.5, 0.6) is 0 Å². The van der Waals surface area contributed by atoms with Crippen LogP contribution in [-0.4, -0.2) is 21.3 Å². The third kappa shape index (κ3) is 3.48. The minimum Gasteiger partial charge on any atom is -0.309 e. The zero-order valence-electron chi connectivity index (χ0n) is 12.4. The Morgan fingerprint density at radius 2 is 2.20 bits per heavy atom. The van der Waals surface area contributed by atoms with Crippen LogP contribution in [0.1, 0.15) is 49.3 Å². The first-order valence-electron chi connectivity index (χ1n) is 6.90. The van der Waals surface area contributed by atoms with Crippen LogP contribution >= 0.6 is 27.3 Å². The fraction of sp³-hybridized carbons (Fsp3) is 0.571. The Bertz CT molecular complexity index is 561. The van der Waals surface area contributed by atoms with Crippen molar-refractivity contribution in [3.05, 3.63) is 32.4 Å². The molecule has 0 amide bonds. The zero-order valence-corrected chi connectivity index (χ0v) is 14.8. The lowest BCUT2D eigenvalue weighted by atomic mass is 10.1. The van der Waals surface area contributed by atoms with Gasteiger partial charge >= 0.3 is 0 Å². The van der Waals surface area contributed by atoms with E-state index in [2.05, 4.69) is 62.2 Å². The van der Waals surface area contributed by atoms with Crippen molar-refractivity contribution in [3.8, 4) is 0 Å². The molecule has 110 valence electrons. The van der Waals surface area contributed by atoms with Crippen LogP contribution in [-0.2, 0) is 6.42 Å². The first-order chi connectivity index (χ1) is 9.52. The number of likely N-dealkylation sites (N-methyl/N-ethyl adjacent to an activating group) is 1. The Morgan fingerprint density at radius 1 is 1.45 bits per heavy atom. The maximum atomic E-state index is 4.58.